The minimum absolute atomic E-state index is 0.00590. The van der Waals surface area contributed by atoms with Crippen LogP contribution in [0.2, 0.25) is 5.02 Å². The van der Waals surface area contributed by atoms with Gasteiger partial charge in [-0.2, -0.15) is 9.97 Å². The number of phenolic OH excluding ortho intramolecular Hbond substituents is 1. The molecule has 12 heteroatoms. The molecule has 234 valence electrons. The zero-order valence-corrected chi connectivity index (χ0v) is 25.9. The van der Waals surface area contributed by atoms with Crippen molar-refractivity contribution in [2.75, 3.05) is 31.2 Å². The molecule has 0 spiro atoms. The van der Waals surface area contributed by atoms with E-state index < -0.39 is 11.4 Å². The van der Waals surface area contributed by atoms with Crippen molar-refractivity contribution < 1.29 is 28.9 Å². The van der Waals surface area contributed by atoms with Crippen molar-refractivity contribution in [2.45, 2.75) is 82.9 Å². The van der Waals surface area contributed by atoms with Crippen molar-refractivity contribution >= 4 is 34.4 Å². The molecule has 1 amide bonds. The molecule has 2 aromatic heterocycles. The van der Waals surface area contributed by atoms with Crippen LogP contribution in [0, 0.1) is 11.2 Å². The van der Waals surface area contributed by atoms with Crippen molar-refractivity contribution in [1.82, 2.24) is 19.9 Å². The Morgan fingerprint density at radius 1 is 1.14 bits per heavy atom. The lowest BCUT2D eigenvalue weighted by Gasteiger charge is -2.42. The zero-order valence-electron chi connectivity index (χ0n) is 25.1. The van der Waals surface area contributed by atoms with Gasteiger partial charge in [0, 0.05) is 35.3 Å². The van der Waals surface area contributed by atoms with Crippen LogP contribution in [0.15, 0.2) is 18.3 Å². The Morgan fingerprint density at radius 3 is 2.45 bits per heavy atom. The quantitative estimate of drug-likeness (QED) is 0.335. The Hall–Kier alpha value is -3.44. The largest absolute Gasteiger partial charge is 0.508 e. The van der Waals surface area contributed by atoms with Gasteiger partial charge in [0.2, 0.25) is 0 Å². The van der Waals surface area contributed by atoms with E-state index in [9.17, 15) is 15.0 Å². The highest BCUT2D eigenvalue weighted by molar-refractivity contribution is 6.32. The summed E-state index contributed by atoms with van der Waals surface area (Å²) in [5.41, 5.74) is 0.394. The number of aromatic hydroxyl groups is 1. The molecule has 2 saturated carbocycles. The van der Waals surface area contributed by atoms with Crippen LogP contribution in [0.4, 0.5) is 15.0 Å². The molecule has 4 aliphatic rings. The second kappa shape index (κ2) is 10.6. The van der Waals surface area contributed by atoms with Crippen molar-refractivity contribution in [1.29, 1.82) is 0 Å². The fourth-order valence-electron chi connectivity index (χ4n) is 6.53. The van der Waals surface area contributed by atoms with Crippen LogP contribution >= 0.6 is 11.6 Å². The molecule has 10 nitrogen and oxygen atoms in total. The van der Waals surface area contributed by atoms with Crippen LogP contribution in [0.5, 0.6) is 11.8 Å². The summed E-state index contributed by atoms with van der Waals surface area (Å²) in [6.07, 6.45) is 6.43. The first kappa shape index (κ1) is 29.3. The van der Waals surface area contributed by atoms with Crippen LogP contribution in [0.25, 0.3) is 22.2 Å². The van der Waals surface area contributed by atoms with Gasteiger partial charge in [-0.25, -0.2) is 9.18 Å². The molecule has 2 bridgehead atoms. The molecular formula is C32H37ClFN5O5. The molecule has 44 heavy (non-hydrogen) atoms. The predicted octanol–water partition coefficient (Wildman–Crippen LogP) is 5.81. The number of halogens is 2. The van der Waals surface area contributed by atoms with Gasteiger partial charge in [0.1, 0.15) is 28.4 Å². The summed E-state index contributed by atoms with van der Waals surface area (Å²) in [6, 6.07) is 2.82. The molecule has 2 unspecified atom stereocenters. The Balaban J connectivity index is 1.29. The number of aromatic nitrogens is 3. The third-order valence-corrected chi connectivity index (χ3v) is 9.50. The maximum atomic E-state index is 16.6. The van der Waals surface area contributed by atoms with E-state index in [1.54, 1.807) is 6.20 Å². The summed E-state index contributed by atoms with van der Waals surface area (Å²) in [5, 5.41) is 21.0. The van der Waals surface area contributed by atoms with Crippen LogP contribution in [0.1, 0.15) is 70.8 Å². The molecule has 0 radical (unpaired) electrons. The first-order valence-electron chi connectivity index (χ1n) is 15.3. The number of carbonyl (C=O) groups excluding carboxylic acids is 1. The van der Waals surface area contributed by atoms with Gasteiger partial charge in [0.15, 0.2) is 5.82 Å². The standard InChI is InChI=1S/C32H37ClFN5O5/c1-31(2,3)44-30(42)39-18-6-7-19(39)14-38(13-18)28-22-12-35-26(21-10-20(41)11-23(33)24(21)17-4-5-17)25(34)27(22)36-29(37-28)43-16-32(15-40)8-9-32/h10-12,17-19,40-41H,4-9,13-16H2,1-3H3. The van der Waals surface area contributed by atoms with E-state index in [0.717, 1.165) is 44.1 Å². The van der Waals surface area contributed by atoms with E-state index in [1.165, 1.54) is 12.1 Å². The highest BCUT2D eigenvalue weighted by Crippen LogP contribution is 2.50. The fourth-order valence-corrected chi connectivity index (χ4v) is 6.90. The minimum atomic E-state index is -0.654. The molecular weight excluding hydrogens is 589 g/mol. The van der Waals surface area contributed by atoms with Gasteiger partial charge in [-0.05, 0) is 82.9 Å². The third-order valence-electron chi connectivity index (χ3n) is 9.18. The molecule has 7 rings (SSSR count). The molecule has 2 saturated heterocycles. The first-order chi connectivity index (χ1) is 20.9. The average Bonchev–Trinajstić information content (AvgIpc) is 3.89. The summed E-state index contributed by atoms with van der Waals surface area (Å²) in [6.45, 7) is 6.75. The molecule has 2 aliphatic heterocycles. The molecule has 2 N–H and O–H groups in total. The van der Waals surface area contributed by atoms with Crippen molar-refractivity contribution in [2.24, 2.45) is 5.41 Å². The lowest BCUT2D eigenvalue weighted by molar-refractivity contribution is 0.0122. The number of anilines is 1. The number of fused-ring (bicyclic) bond motifs is 3. The molecule has 3 aromatic rings. The highest BCUT2D eigenvalue weighted by atomic mass is 35.5. The van der Waals surface area contributed by atoms with Crippen LogP contribution < -0.4 is 9.64 Å². The maximum Gasteiger partial charge on any atom is 0.410 e. The zero-order chi connectivity index (χ0) is 31.0. The first-order valence-corrected chi connectivity index (χ1v) is 15.7. The number of carbonyl (C=O) groups is 1. The Labute approximate surface area is 260 Å². The van der Waals surface area contributed by atoms with E-state index in [1.807, 2.05) is 25.7 Å². The maximum absolute atomic E-state index is 16.6. The van der Waals surface area contributed by atoms with Crippen molar-refractivity contribution in [3.8, 4) is 23.0 Å². The lowest BCUT2D eigenvalue weighted by atomic mass is 9.98. The minimum Gasteiger partial charge on any atom is -0.508 e. The number of piperazine rings is 1. The SMILES string of the molecule is CC(C)(C)OC(=O)N1C2CCC1CN(c1nc(OCC3(CO)CC3)nc3c(F)c(-c4cc(O)cc(Cl)c4C4CC4)ncc13)C2. The topological polar surface area (TPSA) is 121 Å². The van der Waals surface area contributed by atoms with E-state index >= 15 is 4.39 Å². The molecule has 2 aliphatic carbocycles. The number of nitrogens with zero attached hydrogens (tertiary/aromatic N) is 5. The average molecular weight is 626 g/mol. The fraction of sp³-hybridized carbons (Fsp3) is 0.562. The number of ether oxygens (including phenoxy) is 2. The van der Waals surface area contributed by atoms with Crippen LogP contribution in [0.3, 0.4) is 0 Å². The Morgan fingerprint density at radius 2 is 1.84 bits per heavy atom. The summed E-state index contributed by atoms with van der Waals surface area (Å²) in [5.74, 6) is -0.0629. The lowest BCUT2D eigenvalue weighted by Crippen LogP contribution is -2.57. The molecule has 4 heterocycles. The number of phenols is 1. The number of amides is 1. The monoisotopic (exact) mass is 625 g/mol. The van der Waals surface area contributed by atoms with E-state index in [0.29, 0.717) is 34.9 Å². The summed E-state index contributed by atoms with van der Waals surface area (Å²) in [7, 11) is 0. The Kier molecular flexibility index (Phi) is 7.04. The van der Waals surface area contributed by atoms with Crippen LogP contribution in [-0.2, 0) is 4.74 Å². The Bertz CT molecular complexity index is 1630. The second-order valence-corrected chi connectivity index (χ2v) is 14.2. The van der Waals surface area contributed by atoms with Gasteiger partial charge in [-0.15, -0.1) is 0 Å². The smallest absolute Gasteiger partial charge is 0.410 e. The van der Waals surface area contributed by atoms with Gasteiger partial charge < -0.3 is 24.6 Å². The molecule has 2 atom stereocenters. The summed E-state index contributed by atoms with van der Waals surface area (Å²) >= 11 is 6.53. The van der Waals surface area contributed by atoms with Gasteiger partial charge in [0.25, 0.3) is 0 Å². The third kappa shape index (κ3) is 5.38. The van der Waals surface area contributed by atoms with Gasteiger partial charge in [0.05, 0.1) is 30.7 Å². The molecule has 4 fully saturated rings. The van der Waals surface area contributed by atoms with Gasteiger partial charge in [-0.3, -0.25) is 9.88 Å². The van der Waals surface area contributed by atoms with E-state index in [4.69, 9.17) is 26.1 Å². The van der Waals surface area contributed by atoms with Crippen LogP contribution in [-0.4, -0.2) is 80.1 Å². The van der Waals surface area contributed by atoms with Crippen molar-refractivity contribution in [3.05, 3.63) is 34.7 Å². The summed E-state index contributed by atoms with van der Waals surface area (Å²) < 4.78 is 28.3. The normalized spacial score (nSPS) is 22.4. The van der Waals surface area contributed by atoms with E-state index in [-0.39, 0.29) is 65.7 Å². The number of benzene rings is 1. The molecule has 1 aromatic carbocycles. The predicted molar refractivity (Wildman–Crippen MR) is 163 cm³/mol. The highest BCUT2D eigenvalue weighted by Gasteiger charge is 2.46. The van der Waals surface area contributed by atoms with Gasteiger partial charge >= 0.3 is 12.1 Å². The number of pyridine rings is 1. The number of rotatable bonds is 7. The second-order valence-electron chi connectivity index (χ2n) is 13.8. The summed E-state index contributed by atoms with van der Waals surface area (Å²) in [4.78, 5) is 30.8. The van der Waals surface area contributed by atoms with Crippen molar-refractivity contribution in [3.63, 3.8) is 0 Å². The number of aliphatic hydroxyl groups excluding tert-OH is 1. The van der Waals surface area contributed by atoms with Gasteiger partial charge in [-0.1, -0.05) is 11.6 Å². The number of hydrogen-bond donors (Lipinski definition) is 2. The number of aliphatic hydroxyl groups is 1. The van der Waals surface area contributed by atoms with E-state index in [2.05, 4.69) is 14.9 Å². The number of hydrogen-bond acceptors (Lipinski definition) is 9.